The third-order valence-corrected chi connectivity index (χ3v) is 4.64. The Morgan fingerprint density at radius 3 is 2.84 bits per heavy atom. The predicted molar refractivity (Wildman–Crippen MR) is 98.0 cm³/mol. The summed E-state index contributed by atoms with van der Waals surface area (Å²) in [7, 11) is 0. The molecule has 1 aromatic carbocycles. The SMILES string of the molecule is CCCc1ncc2c(n1)CCN(Cc1ccc(-c3ccccc3)o1)C2. The molecule has 0 N–H and O–H groups in total. The van der Waals surface area contributed by atoms with Gasteiger partial charge < -0.3 is 4.42 Å². The summed E-state index contributed by atoms with van der Waals surface area (Å²) < 4.78 is 6.04. The first-order valence-electron chi connectivity index (χ1n) is 9.02. The monoisotopic (exact) mass is 333 g/mol. The van der Waals surface area contributed by atoms with Gasteiger partial charge in [-0.25, -0.2) is 9.97 Å². The van der Waals surface area contributed by atoms with Crippen molar-refractivity contribution in [3.05, 3.63) is 71.5 Å². The highest BCUT2D eigenvalue weighted by molar-refractivity contribution is 5.57. The molecule has 1 aliphatic heterocycles. The Morgan fingerprint density at radius 1 is 1.12 bits per heavy atom. The highest BCUT2D eigenvalue weighted by Crippen LogP contribution is 2.24. The summed E-state index contributed by atoms with van der Waals surface area (Å²) in [6.07, 6.45) is 5.05. The number of fused-ring (bicyclic) bond motifs is 1. The van der Waals surface area contributed by atoms with Gasteiger partial charge in [-0.1, -0.05) is 37.3 Å². The van der Waals surface area contributed by atoms with E-state index in [1.165, 1.54) is 11.3 Å². The van der Waals surface area contributed by atoms with Crippen LogP contribution in [0.25, 0.3) is 11.3 Å². The lowest BCUT2D eigenvalue weighted by Gasteiger charge is -2.27. The average molecular weight is 333 g/mol. The summed E-state index contributed by atoms with van der Waals surface area (Å²) in [6, 6.07) is 14.4. The van der Waals surface area contributed by atoms with Gasteiger partial charge in [0, 0.05) is 48.9 Å². The summed E-state index contributed by atoms with van der Waals surface area (Å²) in [5, 5.41) is 0. The van der Waals surface area contributed by atoms with E-state index in [-0.39, 0.29) is 0 Å². The van der Waals surface area contributed by atoms with Crippen LogP contribution in [0.2, 0.25) is 0 Å². The fourth-order valence-corrected chi connectivity index (χ4v) is 3.34. The lowest BCUT2D eigenvalue weighted by molar-refractivity contribution is 0.224. The van der Waals surface area contributed by atoms with E-state index in [0.717, 1.165) is 61.8 Å². The zero-order valence-corrected chi connectivity index (χ0v) is 14.6. The van der Waals surface area contributed by atoms with Crippen molar-refractivity contribution in [1.29, 1.82) is 0 Å². The Hall–Kier alpha value is -2.46. The Labute approximate surface area is 148 Å². The summed E-state index contributed by atoms with van der Waals surface area (Å²) >= 11 is 0. The van der Waals surface area contributed by atoms with Crippen molar-refractivity contribution in [3.8, 4) is 11.3 Å². The molecule has 25 heavy (non-hydrogen) atoms. The predicted octanol–water partition coefficient (Wildman–Crippen LogP) is 4.25. The Bertz CT molecular complexity index is 841. The van der Waals surface area contributed by atoms with Gasteiger partial charge in [-0.2, -0.15) is 0 Å². The molecule has 0 bridgehead atoms. The second kappa shape index (κ2) is 7.19. The van der Waals surface area contributed by atoms with Crippen LogP contribution >= 0.6 is 0 Å². The van der Waals surface area contributed by atoms with Crippen LogP contribution in [-0.2, 0) is 25.9 Å². The van der Waals surface area contributed by atoms with Crippen LogP contribution in [0.5, 0.6) is 0 Å². The standard InChI is InChI=1S/C21H23N3O/c1-2-6-21-22-13-17-14-24(12-11-19(17)23-21)15-18-9-10-20(25-18)16-7-4-3-5-8-16/h3-5,7-10,13H,2,6,11-12,14-15H2,1H3. The van der Waals surface area contributed by atoms with Crippen molar-refractivity contribution in [2.75, 3.05) is 6.54 Å². The fourth-order valence-electron chi connectivity index (χ4n) is 3.34. The molecule has 0 saturated carbocycles. The molecule has 0 unspecified atom stereocenters. The number of aryl methyl sites for hydroxylation is 1. The van der Waals surface area contributed by atoms with Gasteiger partial charge in [0.05, 0.1) is 6.54 Å². The second-order valence-electron chi connectivity index (χ2n) is 6.60. The van der Waals surface area contributed by atoms with Gasteiger partial charge in [0.2, 0.25) is 0 Å². The van der Waals surface area contributed by atoms with Gasteiger partial charge in [0.25, 0.3) is 0 Å². The third-order valence-electron chi connectivity index (χ3n) is 4.64. The summed E-state index contributed by atoms with van der Waals surface area (Å²) in [5.74, 6) is 2.92. The van der Waals surface area contributed by atoms with Crippen LogP contribution in [0.1, 0.15) is 36.2 Å². The third kappa shape index (κ3) is 3.64. The minimum Gasteiger partial charge on any atom is -0.460 e. The number of nitrogens with zero attached hydrogens (tertiary/aromatic N) is 3. The minimum atomic E-state index is 0.822. The Morgan fingerprint density at radius 2 is 2.00 bits per heavy atom. The molecule has 4 heteroatoms. The highest BCUT2D eigenvalue weighted by atomic mass is 16.3. The number of hydrogen-bond donors (Lipinski definition) is 0. The minimum absolute atomic E-state index is 0.822. The van der Waals surface area contributed by atoms with Crippen LogP contribution in [0.15, 0.2) is 53.1 Å². The molecule has 3 aromatic rings. The molecule has 0 atom stereocenters. The maximum atomic E-state index is 6.04. The molecule has 3 heterocycles. The molecular weight excluding hydrogens is 310 g/mol. The van der Waals surface area contributed by atoms with Gasteiger partial charge in [0.15, 0.2) is 0 Å². The molecule has 4 rings (SSSR count). The number of hydrogen-bond acceptors (Lipinski definition) is 4. The maximum Gasteiger partial charge on any atom is 0.134 e. The summed E-state index contributed by atoms with van der Waals surface area (Å²) in [6.45, 7) is 4.89. The molecule has 2 aromatic heterocycles. The van der Waals surface area contributed by atoms with Crippen LogP contribution in [-0.4, -0.2) is 21.4 Å². The van der Waals surface area contributed by atoms with Gasteiger partial charge in [0.1, 0.15) is 17.3 Å². The van der Waals surface area contributed by atoms with E-state index in [9.17, 15) is 0 Å². The van der Waals surface area contributed by atoms with E-state index in [4.69, 9.17) is 9.40 Å². The van der Waals surface area contributed by atoms with Gasteiger partial charge in [-0.05, 0) is 18.6 Å². The number of aromatic nitrogens is 2. The number of benzene rings is 1. The van der Waals surface area contributed by atoms with Crippen LogP contribution in [0.4, 0.5) is 0 Å². The molecule has 0 radical (unpaired) electrons. The van der Waals surface area contributed by atoms with Crippen LogP contribution < -0.4 is 0 Å². The number of rotatable bonds is 5. The average Bonchev–Trinajstić information content (AvgIpc) is 3.11. The molecule has 1 aliphatic rings. The molecule has 0 amide bonds. The fraction of sp³-hybridized carbons (Fsp3) is 0.333. The molecule has 128 valence electrons. The van der Waals surface area contributed by atoms with Gasteiger partial charge in [-0.3, -0.25) is 4.90 Å². The first kappa shape index (κ1) is 16.0. The van der Waals surface area contributed by atoms with Crippen molar-refractivity contribution >= 4 is 0 Å². The van der Waals surface area contributed by atoms with E-state index in [2.05, 4.69) is 41.1 Å². The van der Waals surface area contributed by atoms with E-state index >= 15 is 0 Å². The second-order valence-corrected chi connectivity index (χ2v) is 6.60. The maximum absolute atomic E-state index is 6.04. The topological polar surface area (TPSA) is 42.2 Å². The summed E-state index contributed by atoms with van der Waals surface area (Å²) in [5.41, 5.74) is 3.59. The largest absolute Gasteiger partial charge is 0.460 e. The van der Waals surface area contributed by atoms with Crippen molar-refractivity contribution in [1.82, 2.24) is 14.9 Å². The smallest absolute Gasteiger partial charge is 0.134 e. The zero-order chi connectivity index (χ0) is 17.1. The first-order chi connectivity index (χ1) is 12.3. The van der Waals surface area contributed by atoms with Gasteiger partial charge in [-0.15, -0.1) is 0 Å². The van der Waals surface area contributed by atoms with Crippen molar-refractivity contribution in [2.24, 2.45) is 0 Å². The number of furan rings is 1. The molecular formula is C21H23N3O. The van der Waals surface area contributed by atoms with E-state index in [0.29, 0.717) is 0 Å². The summed E-state index contributed by atoms with van der Waals surface area (Å²) in [4.78, 5) is 11.6. The van der Waals surface area contributed by atoms with Crippen molar-refractivity contribution in [3.63, 3.8) is 0 Å². The van der Waals surface area contributed by atoms with Crippen LogP contribution in [0.3, 0.4) is 0 Å². The Kier molecular flexibility index (Phi) is 4.61. The highest BCUT2D eigenvalue weighted by Gasteiger charge is 2.19. The quantitative estimate of drug-likeness (QED) is 0.700. The first-order valence-corrected chi connectivity index (χ1v) is 9.02. The molecule has 0 saturated heterocycles. The van der Waals surface area contributed by atoms with Crippen LogP contribution in [0, 0.1) is 0 Å². The van der Waals surface area contributed by atoms with Gasteiger partial charge >= 0.3 is 0 Å². The lowest BCUT2D eigenvalue weighted by Crippen LogP contribution is -2.31. The van der Waals surface area contributed by atoms with E-state index in [1.54, 1.807) is 0 Å². The molecule has 0 aliphatic carbocycles. The molecule has 0 spiro atoms. The Balaban J connectivity index is 1.44. The normalized spacial score (nSPS) is 14.4. The van der Waals surface area contributed by atoms with E-state index < -0.39 is 0 Å². The van der Waals surface area contributed by atoms with E-state index in [1.807, 2.05) is 24.4 Å². The molecule has 0 fully saturated rings. The lowest BCUT2D eigenvalue weighted by atomic mass is 10.1. The van der Waals surface area contributed by atoms with Crippen molar-refractivity contribution < 1.29 is 4.42 Å². The molecule has 4 nitrogen and oxygen atoms in total. The van der Waals surface area contributed by atoms with Crippen molar-refractivity contribution in [2.45, 2.75) is 39.3 Å². The zero-order valence-electron chi connectivity index (χ0n) is 14.6.